The van der Waals surface area contributed by atoms with E-state index in [9.17, 15) is 0 Å². The molecule has 2 fully saturated rings. The zero-order valence-electron chi connectivity index (χ0n) is 11.4. The first kappa shape index (κ1) is 12.4. The Balaban J connectivity index is 1.85. The number of aromatic nitrogens is 1. The molecule has 2 heterocycles. The molecule has 1 N–H and O–H groups in total. The van der Waals surface area contributed by atoms with Gasteiger partial charge in [0.2, 0.25) is 0 Å². The molecular weight excluding hydrogens is 242 g/mol. The monoisotopic (exact) mass is 265 g/mol. The van der Waals surface area contributed by atoms with E-state index in [2.05, 4.69) is 17.1 Å². The molecule has 1 unspecified atom stereocenters. The number of anilines is 1. The fraction of sp³-hybridized carbons (Fsp3) is 0.786. The lowest BCUT2D eigenvalue weighted by Gasteiger charge is -2.22. The van der Waals surface area contributed by atoms with Gasteiger partial charge in [-0.25, -0.2) is 4.98 Å². The molecule has 3 nitrogen and oxygen atoms in total. The van der Waals surface area contributed by atoms with Crippen LogP contribution in [0.5, 0.6) is 0 Å². The largest absolute Gasteiger partial charge is 0.345 e. The molecule has 0 bridgehead atoms. The van der Waals surface area contributed by atoms with E-state index in [0.29, 0.717) is 0 Å². The fourth-order valence-corrected chi connectivity index (χ4v) is 4.20. The van der Waals surface area contributed by atoms with E-state index < -0.39 is 0 Å². The lowest BCUT2D eigenvalue weighted by Crippen LogP contribution is -2.28. The van der Waals surface area contributed by atoms with Crippen LogP contribution in [0.4, 0.5) is 5.13 Å². The zero-order chi connectivity index (χ0) is 12.5. The minimum Gasteiger partial charge on any atom is -0.345 e. The molecule has 0 spiro atoms. The van der Waals surface area contributed by atoms with Crippen LogP contribution in [-0.4, -0.2) is 24.6 Å². The summed E-state index contributed by atoms with van der Waals surface area (Å²) in [7, 11) is 2.03. The Morgan fingerprint density at radius 3 is 2.89 bits per heavy atom. The van der Waals surface area contributed by atoms with Crippen molar-refractivity contribution in [2.24, 2.45) is 0 Å². The lowest BCUT2D eigenvalue weighted by atomic mass is 10.2. The molecule has 4 heteroatoms. The number of nitrogens with one attached hydrogen (secondary N) is 1. The van der Waals surface area contributed by atoms with Gasteiger partial charge in [0.1, 0.15) is 0 Å². The maximum absolute atomic E-state index is 4.98. The zero-order valence-corrected chi connectivity index (χ0v) is 12.2. The molecule has 0 amide bonds. The van der Waals surface area contributed by atoms with Gasteiger partial charge in [-0.3, -0.25) is 0 Å². The maximum atomic E-state index is 4.98. The van der Waals surface area contributed by atoms with Crippen molar-refractivity contribution < 1.29 is 0 Å². The van der Waals surface area contributed by atoms with Crippen LogP contribution >= 0.6 is 11.3 Å². The van der Waals surface area contributed by atoms with Crippen LogP contribution in [0, 0.1) is 0 Å². The third kappa shape index (κ3) is 2.28. The standard InChI is InChI=1S/C14H23N3S/c1-3-11-5-4-8-17(11)14-16-13(10-6-7-10)12(18-14)9-15-2/h10-11,15H,3-9H2,1-2H3. The predicted octanol–water partition coefficient (Wildman–Crippen LogP) is 3.12. The summed E-state index contributed by atoms with van der Waals surface area (Å²) in [6, 6.07) is 0.727. The number of hydrogen-bond acceptors (Lipinski definition) is 4. The van der Waals surface area contributed by atoms with E-state index in [0.717, 1.165) is 18.5 Å². The normalized spacial score (nSPS) is 23.9. The fourth-order valence-electron chi connectivity index (χ4n) is 2.95. The minimum atomic E-state index is 0.727. The summed E-state index contributed by atoms with van der Waals surface area (Å²) < 4.78 is 0. The molecule has 2 aliphatic rings. The van der Waals surface area contributed by atoms with Crippen molar-refractivity contribution in [2.75, 3.05) is 18.5 Å². The molecule has 3 rings (SSSR count). The Hall–Kier alpha value is -0.610. The second kappa shape index (κ2) is 5.17. The van der Waals surface area contributed by atoms with Gasteiger partial charge in [-0.05, 0) is 39.2 Å². The van der Waals surface area contributed by atoms with Gasteiger partial charge in [0, 0.05) is 29.9 Å². The lowest BCUT2D eigenvalue weighted by molar-refractivity contribution is 0.643. The van der Waals surface area contributed by atoms with Crippen molar-refractivity contribution in [3.05, 3.63) is 10.6 Å². The van der Waals surface area contributed by atoms with Gasteiger partial charge >= 0.3 is 0 Å². The minimum absolute atomic E-state index is 0.727. The predicted molar refractivity (Wildman–Crippen MR) is 77.5 cm³/mol. The van der Waals surface area contributed by atoms with Crippen LogP contribution < -0.4 is 10.2 Å². The maximum Gasteiger partial charge on any atom is 0.186 e. The van der Waals surface area contributed by atoms with Gasteiger partial charge in [-0.15, -0.1) is 11.3 Å². The number of rotatable bonds is 5. The number of thiazole rings is 1. The Bertz CT molecular complexity index is 411. The van der Waals surface area contributed by atoms with Gasteiger partial charge in [-0.2, -0.15) is 0 Å². The van der Waals surface area contributed by atoms with Crippen molar-refractivity contribution in [1.29, 1.82) is 0 Å². The summed E-state index contributed by atoms with van der Waals surface area (Å²) in [5, 5.41) is 4.57. The molecule has 1 saturated carbocycles. The highest BCUT2D eigenvalue weighted by molar-refractivity contribution is 7.15. The quantitative estimate of drug-likeness (QED) is 0.886. The molecule has 1 aliphatic carbocycles. The summed E-state index contributed by atoms with van der Waals surface area (Å²) >= 11 is 1.92. The Morgan fingerprint density at radius 2 is 2.22 bits per heavy atom. The molecule has 100 valence electrons. The van der Waals surface area contributed by atoms with E-state index >= 15 is 0 Å². The molecule has 0 aromatic carbocycles. The van der Waals surface area contributed by atoms with Gasteiger partial charge in [0.05, 0.1) is 5.69 Å². The van der Waals surface area contributed by atoms with Gasteiger partial charge < -0.3 is 10.2 Å². The summed E-state index contributed by atoms with van der Waals surface area (Å²) in [6.07, 6.45) is 6.61. The van der Waals surface area contributed by atoms with E-state index in [1.807, 2.05) is 18.4 Å². The topological polar surface area (TPSA) is 28.2 Å². The molecule has 1 aliphatic heterocycles. The average Bonchev–Trinajstić information content (AvgIpc) is 2.96. The molecule has 1 saturated heterocycles. The third-order valence-corrected chi connectivity index (χ3v) is 5.22. The third-order valence-electron chi connectivity index (χ3n) is 4.11. The van der Waals surface area contributed by atoms with Crippen LogP contribution in [0.3, 0.4) is 0 Å². The van der Waals surface area contributed by atoms with E-state index in [1.165, 1.54) is 54.4 Å². The summed E-state index contributed by atoms with van der Waals surface area (Å²) in [5.41, 5.74) is 1.39. The van der Waals surface area contributed by atoms with Crippen molar-refractivity contribution >= 4 is 16.5 Å². The van der Waals surface area contributed by atoms with Crippen molar-refractivity contribution in [2.45, 2.75) is 57.5 Å². The van der Waals surface area contributed by atoms with Crippen molar-refractivity contribution in [3.63, 3.8) is 0 Å². The smallest absolute Gasteiger partial charge is 0.186 e. The number of nitrogens with zero attached hydrogens (tertiary/aromatic N) is 2. The van der Waals surface area contributed by atoms with E-state index in [1.54, 1.807) is 0 Å². The van der Waals surface area contributed by atoms with Crippen LogP contribution in [0.2, 0.25) is 0 Å². The molecule has 1 aromatic rings. The molecule has 0 radical (unpaired) electrons. The van der Waals surface area contributed by atoms with Gasteiger partial charge in [-0.1, -0.05) is 6.92 Å². The van der Waals surface area contributed by atoms with Crippen LogP contribution in [0.25, 0.3) is 0 Å². The van der Waals surface area contributed by atoms with Crippen molar-refractivity contribution in [1.82, 2.24) is 10.3 Å². The van der Waals surface area contributed by atoms with Gasteiger partial charge in [0.15, 0.2) is 5.13 Å². The Morgan fingerprint density at radius 1 is 1.39 bits per heavy atom. The average molecular weight is 265 g/mol. The Kier molecular flexibility index (Phi) is 3.57. The SMILES string of the molecule is CCC1CCCN1c1nc(C2CC2)c(CNC)s1. The molecular formula is C14H23N3S. The summed E-state index contributed by atoms with van der Waals surface area (Å²) in [4.78, 5) is 9.00. The van der Waals surface area contributed by atoms with Crippen LogP contribution in [0.1, 0.15) is 55.5 Å². The van der Waals surface area contributed by atoms with E-state index in [-0.39, 0.29) is 0 Å². The first-order valence-electron chi connectivity index (χ1n) is 7.24. The Labute approximate surface area is 114 Å². The van der Waals surface area contributed by atoms with E-state index in [4.69, 9.17) is 4.98 Å². The highest BCUT2D eigenvalue weighted by Crippen LogP contribution is 2.45. The summed E-state index contributed by atoms with van der Waals surface area (Å²) in [5.74, 6) is 0.765. The molecule has 1 aromatic heterocycles. The van der Waals surface area contributed by atoms with Crippen LogP contribution in [-0.2, 0) is 6.54 Å². The second-order valence-electron chi connectivity index (χ2n) is 5.51. The summed E-state index contributed by atoms with van der Waals surface area (Å²) in [6.45, 7) is 4.48. The second-order valence-corrected chi connectivity index (χ2v) is 6.57. The van der Waals surface area contributed by atoms with Gasteiger partial charge in [0.25, 0.3) is 0 Å². The first-order chi connectivity index (χ1) is 8.83. The van der Waals surface area contributed by atoms with Crippen molar-refractivity contribution in [3.8, 4) is 0 Å². The molecule has 18 heavy (non-hydrogen) atoms. The molecule has 1 atom stereocenters. The number of hydrogen-bond donors (Lipinski definition) is 1. The highest BCUT2D eigenvalue weighted by Gasteiger charge is 2.32. The highest BCUT2D eigenvalue weighted by atomic mass is 32.1. The van der Waals surface area contributed by atoms with Crippen LogP contribution in [0.15, 0.2) is 0 Å². The first-order valence-corrected chi connectivity index (χ1v) is 8.06.